The molecule has 0 aliphatic carbocycles. The molecule has 0 saturated heterocycles. The third-order valence-electron chi connectivity index (χ3n) is 4.94. The molecule has 178 valence electrons. The van der Waals surface area contributed by atoms with Crippen LogP contribution < -0.4 is 20.7 Å². The Bertz CT molecular complexity index is 1170. The summed E-state index contributed by atoms with van der Waals surface area (Å²) in [7, 11) is 3.61. The molecule has 1 heterocycles. The lowest BCUT2D eigenvalue weighted by molar-refractivity contribution is -0.384. The van der Waals surface area contributed by atoms with Crippen LogP contribution >= 0.6 is 0 Å². The second-order valence-corrected chi connectivity index (χ2v) is 7.33. The van der Waals surface area contributed by atoms with Crippen LogP contribution in [0.5, 0.6) is 11.6 Å². The van der Waals surface area contributed by atoms with Gasteiger partial charge in [0.15, 0.2) is 11.5 Å². The number of anilines is 3. The first kappa shape index (κ1) is 24.4. The summed E-state index contributed by atoms with van der Waals surface area (Å²) in [5.74, 6) is -0.293. The third kappa shape index (κ3) is 5.95. The minimum Gasteiger partial charge on any atom is -0.437 e. The number of non-ortho nitro benzene ring substituents is 1. The first-order valence-corrected chi connectivity index (χ1v) is 10.5. The monoisotopic (exact) mass is 466 g/mol. The Morgan fingerprint density at radius 1 is 1.21 bits per heavy atom. The lowest BCUT2D eigenvalue weighted by Gasteiger charge is -2.19. The number of amides is 1. The van der Waals surface area contributed by atoms with Crippen LogP contribution in [0.25, 0.3) is 0 Å². The predicted octanol–water partition coefficient (Wildman–Crippen LogP) is 3.66. The molecule has 0 unspecified atom stereocenters. The van der Waals surface area contributed by atoms with Gasteiger partial charge >= 0.3 is 0 Å². The van der Waals surface area contributed by atoms with E-state index >= 15 is 0 Å². The van der Waals surface area contributed by atoms with Gasteiger partial charge in [-0.15, -0.1) is 0 Å². The van der Waals surface area contributed by atoms with Crippen molar-refractivity contribution < 1.29 is 19.2 Å². The Hall–Kier alpha value is -4.25. The largest absolute Gasteiger partial charge is 0.437 e. The van der Waals surface area contributed by atoms with E-state index in [2.05, 4.69) is 15.3 Å². The van der Waals surface area contributed by atoms with Crippen molar-refractivity contribution >= 4 is 28.8 Å². The average molecular weight is 466 g/mol. The van der Waals surface area contributed by atoms with E-state index < -0.39 is 10.8 Å². The smallest absolute Gasteiger partial charge is 0.273 e. The number of primary amides is 1. The van der Waals surface area contributed by atoms with Crippen molar-refractivity contribution in [2.45, 2.75) is 13.3 Å². The van der Waals surface area contributed by atoms with Gasteiger partial charge in [-0.2, -0.15) is 4.98 Å². The van der Waals surface area contributed by atoms with Crippen molar-refractivity contribution in [2.24, 2.45) is 5.73 Å². The first-order valence-electron chi connectivity index (χ1n) is 10.5. The Kier molecular flexibility index (Phi) is 7.93. The van der Waals surface area contributed by atoms with Gasteiger partial charge in [0.05, 0.1) is 17.6 Å². The maximum Gasteiger partial charge on any atom is 0.273 e. The summed E-state index contributed by atoms with van der Waals surface area (Å²) in [4.78, 5) is 33.4. The molecule has 3 aromatic rings. The van der Waals surface area contributed by atoms with Gasteiger partial charge in [0, 0.05) is 38.1 Å². The van der Waals surface area contributed by atoms with Gasteiger partial charge in [0.25, 0.3) is 11.6 Å². The molecule has 0 aliphatic heterocycles. The number of nitrogens with zero attached hydrogens (tertiary/aromatic N) is 4. The second kappa shape index (κ2) is 11.1. The highest BCUT2D eigenvalue weighted by Crippen LogP contribution is 2.29. The van der Waals surface area contributed by atoms with Gasteiger partial charge in [-0.3, -0.25) is 14.9 Å². The maximum atomic E-state index is 12.1. The molecule has 34 heavy (non-hydrogen) atoms. The van der Waals surface area contributed by atoms with Gasteiger partial charge in [0.2, 0.25) is 5.88 Å². The van der Waals surface area contributed by atoms with Crippen molar-refractivity contribution in [3.8, 4) is 11.6 Å². The molecule has 3 rings (SSSR count). The molecule has 2 aromatic carbocycles. The summed E-state index contributed by atoms with van der Waals surface area (Å²) in [5, 5.41) is 14.1. The molecule has 0 aliphatic rings. The normalized spacial score (nSPS) is 10.6. The SMILES string of the molecule is CCc1nc(C(N)=O)c(Nc2ccc(N(C)CCOC)cc2)nc1Oc1cccc([N+](=O)[O-])c1. The van der Waals surface area contributed by atoms with E-state index in [1.807, 2.05) is 43.1 Å². The van der Waals surface area contributed by atoms with Crippen LogP contribution in [-0.4, -0.2) is 48.1 Å². The van der Waals surface area contributed by atoms with Crippen molar-refractivity contribution in [3.63, 3.8) is 0 Å². The zero-order valence-corrected chi connectivity index (χ0v) is 19.1. The van der Waals surface area contributed by atoms with Crippen LogP contribution in [0.4, 0.5) is 22.9 Å². The predicted molar refractivity (Wildman–Crippen MR) is 128 cm³/mol. The van der Waals surface area contributed by atoms with Crippen molar-refractivity contribution in [1.82, 2.24) is 9.97 Å². The van der Waals surface area contributed by atoms with E-state index in [1.54, 1.807) is 13.2 Å². The molecular weight excluding hydrogens is 440 g/mol. The first-order chi connectivity index (χ1) is 16.3. The minimum atomic E-state index is -0.748. The Morgan fingerprint density at radius 2 is 1.94 bits per heavy atom. The number of methoxy groups -OCH3 is 1. The van der Waals surface area contributed by atoms with Gasteiger partial charge in [0.1, 0.15) is 11.4 Å². The zero-order valence-electron chi connectivity index (χ0n) is 19.1. The fourth-order valence-electron chi connectivity index (χ4n) is 3.09. The van der Waals surface area contributed by atoms with E-state index in [0.717, 1.165) is 12.2 Å². The number of ether oxygens (including phenoxy) is 2. The lowest BCUT2D eigenvalue weighted by atomic mass is 10.2. The van der Waals surface area contributed by atoms with E-state index in [9.17, 15) is 14.9 Å². The van der Waals surface area contributed by atoms with E-state index in [-0.39, 0.29) is 28.8 Å². The molecular formula is C23H26N6O5. The van der Waals surface area contributed by atoms with Gasteiger partial charge in [-0.25, -0.2) is 4.98 Å². The molecule has 0 radical (unpaired) electrons. The summed E-state index contributed by atoms with van der Waals surface area (Å²) in [6.45, 7) is 3.16. The number of nitro benzene ring substituents is 1. The van der Waals surface area contributed by atoms with Gasteiger partial charge in [-0.05, 0) is 36.8 Å². The van der Waals surface area contributed by atoms with E-state index in [1.165, 1.54) is 18.2 Å². The van der Waals surface area contributed by atoms with E-state index in [0.29, 0.717) is 24.4 Å². The standard InChI is InChI=1S/C23H26N6O5/c1-4-19-23(34-18-7-5-6-17(14-18)29(31)32)27-22(20(26-19)21(24)30)25-15-8-10-16(11-9-15)28(2)12-13-33-3/h5-11,14H,4,12-13H2,1-3H3,(H2,24,30)(H,25,27). The molecule has 1 aromatic heterocycles. The summed E-state index contributed by atoms with van der Waals surface area (Å²) < 4.78 is 10.9. The van der Waals surface area contributed by atoms with Gasteiger partial charge < -0.3 is 25.4 Å². The van der Waals surface area contributed by atoms with Crippen molar-refractivity contribution in [1.29, 1.82) is 0 Å². The number of carbonyl (C=O) groups is 1. The Morgan fingerprint density at radius 3 is 2.56 bits per heavy atom. The summed E-state index contributed by atoms with van der Waals surface area (Å²) in [6.07, 6.45) is 0.403. The number of nitrogens with two attached hydrogens (primary N) is 1. The number of rotatable bonds is 11. The number of aromatic nitrogens is 2. The molecule has 11 heteroatoms. The highest BCUT2D eigenvalue weighted by Gasteiger charge is 2.19. The topological polar surface area (TPSA) is 146 Å². The number of hydrogen-bond acceptors (Lipinski definition) is 9. The lowest BCUT2D eigenvalue weighted by Crippen LogP contribution is -2.21. The molecule has 11 nitrogen and oxygen atoms in total. The van der Waals surface area contributed by atoms with Crippen LogP contribution in [0.3, 0.4) is 0 Å². The average Bonchev–Trinajstić information content (AvgIpc) is 2.83. The van der Waals surface area contributed by atoms with Crippen molar-refractivity contribution in [2.75, 3.05) is 37.5 Å². The van der Waals surface area contributed by atoms with Crippen LogP contribution in [0.2, 0.25) is 0 Å². The number of aryl methyl sites for hydroxylation is 1. The van der Waals surface area contributed by atoms with Gasteiger partial charge in [-0.1, -0.05) is 13.0 Å². The number of likely N-dealkylation sites (N-methyl/N-ethyl adjacent to an activating group) is 1. The minimum absolute atomic E-state index is 0.0375. The quantitative estimate of drug-likeness (QED) is 0.319. The number of carbonyl (C=O) groups excluding carboxylic acids is 1. The molecule has 0 spiro atoms. The third-order valence-corrected chi connectivity index (χ3v) is 4.94. The molecule has 0 fully saturated rings. The van der Waals surface area contributed by atoms with Crippen LogP contribution in [-0.2, 0) is 11.2 Å². The number of nitro groups is 1. The number of nitrogens with one attached hydrogen (secondary N) is 1. The fourth-order valence-corrected chi connectivity index (χ4v) is 3.09. The second-order valence-electron chi connectivity index (χ2n) is 7.33. The molecule has 0 saturated carbocycles. The Balaban J connectivity index is 1.91. The maximum absolute atomic E-state index is 12.1. The molecule has 1 amide bonds. The number of hydrogen-bond donors (Lipinski definition) is 2. The summed E-state index contributed by atoms with van der Waals surface area (Å²) in [5.41, 5.74) is 7.42. The summed E-state index contributed by atoms with van der Waals surface area (Å²) >= 11 is 0. The van der Waals surface area contributed by atoms with Crippen LogP contribution in [0, 0.1) is 10.1 Å². The molecule has 0 atom stereocenters. The van der Waals surface area contributed by atoms with Crippen molar-refractivity contribution in [3.05, 3.63) is 70.0 Å². The summed E-state index contributed by atoms with van der Waals surface area (Å²) in [6, 6.07) is 13.2. The molecule has 3 N–H and O–H groups in total. The van der Waals surface area contributed by atoms with Crippen LogP contribution in [0.15, 0.2) is 48.5 Å². The Labute approximate surface area is 196 Å². The fraction of sp³-hybridized carbons (Fsp3) is 0.261. The van der Waals surface area contributed by atoms with Crippen LogP contribution in [0.1, 0.15) is 23.1 Å². The highest BCUT2D eigenvalue weighted by molar-refractivity contribution is 5.96. The molecule has 0 bridgehead atoms. The highest BCUT2D eigenvalue weighted by atomic mass is 16.6. The number of benzene rings is 2. The van der Waals surface area contributed by atoms with E-state index in [4.69, 9.17) is 15.2 Å². The zero-order chi connectivity index (χ0) is 24.7.